The van der Waals surface area contributed by atoms with Crippen molar-refractivity contribution in [1.82, 2.24) is 0 Å². The van der Waals surface area contributed by atoms with Gasteiger partial charge in [0.25, 0.3) is 0 Å². The molecule has 0 heterocycles. The summed E-state index contributed by atoms with van der Waals surface area (Å²) in [6.07, 6.45) is 5.62. The van der Waals surface area contributed by atoms with Crippen LogP contribution in [0, 0.1) is 11.8 Å². The van der Waals surface area contributed by atoms with Gasteiger partial charge in [-0.25, -0.2) is 0 Å². The van der Waals surface area contributed by atoms with Crippen molar-refractivity contribution < 1.29 is 9.53 Å². The average molecular weight is 219 g/mol. The number of halogens is 1. The largest absolute Gasteiger partial charge is 0.465 e. The summed E-state index contributed by atoms with van der Waals surface area (Å²) < 4.78 is 5.21. The van der Waals surface area contributed by atoms with Crippen LogP contribution in [0.3, 0.4) is 0 Å². The number of carbonyl (C=O) groups excluding carboxylic acids is 1. The van der Waals surface area contributed by atoms with Crippen molar-refractivity contribution in [1.29, 1.82) is 0 Å². The number of hydrogen-bond donors (Lipinski definition) is 0. The van der Waals surface area contributed by atoms with Gasteiger partial charge in [-0.05, 0) is 12.8 Å². The van der Waals surface area contributed by atoms with Crippen molar-refractivity contribution in [2.45, 2.75) is 39.0 Å². The van der Waals surface area contributed by atoms with E-state index in [0.29, 0.717) is 12.5 Å². The molecule has 82 valence electrons. The van der Waals surface area contributed by atoms with Crippen molar-refractivity contribution in [2.75, 3.05) is 12.5 Å². The van der Waals surface area contributed by atoms with Gasteiger partial charge in [0, 0.05) is 11.8 Å². The number of rotatable bonds is 4. The Balaban J connectivity index is 2.19. The first kappa shape index (κ1) is 11.8. The summed E-state index contributed by atoms with van der Waals surface area (Å²) in [5, 5.41) is 0. The minimum atomic E-state index is -0.0123. The molecule has 0 aromatic rings. The summed E-state index contributed by atoms with van der Waals surface area (Å²) in [6, 6.07) is 0. The van der Waals surface area contributed by atoms with E-state index in [2.05, 4.69) is 0 Å². The Morgan fingerprint density at radius 1 is 1.43 bits per heavy atom. The highest BCUT2D eigenvalue weighted by Crippen LogP contribution is 2.24. The minimum Gasteiger partial charge on any atom is -0.465 e. The molecule has 0 bridgehead atoms. The number of ether oxygens (including phenoxy) is 1. The fourth-order valence-electron chi connectivity index (χ4n) is 1.73. The van der Waals surface area contributed by atoms with Crippen molar-refractivity contribution in [2.24, 2.45) is 11.8 Å². The second kappa shape index (κ2) is 6.28. The predicted molar refractivity (Wildman–Crippen MR) is 57.4 cm³/mol. The van der Waals surface area contributed by atoms with Crippen LogP contribution in [0.4, 0.5) is 0 Å². The molecule has 0 aliphatic heterocycles. The van der Waals surface area contributed by atoms with Crippen LogP contribution >= 0.6 is 11.6 Å². The highest BCUT2D eigenvalue weighted by molar-refractivity contribution is 6.18. The van der Waals surface area contributed by atoms with Crippen LogP contribution in [0.2, 0.25) is 0 Å². The Hall–Kier alpha value is -0.240. The molecular weight excluding hydrogens is 200 g/mol. The summed E-state index contributed by atoms with van der Waals surface area (Å²) in [4.78, 5) is 11.6. The van der Waals surface area contributed by atoms with E-state index >= 15 is 0 Å². The highest BCUT2D eigenvalue weighted by Gasteiger charge is 2.22. The van der Waals surface area contributed by atoms with Gasteiger partial charge in [0.1, 0.15) is 0 Å². The molecule has 0 N–H and O–H groups in total. The van der Waals surface area contributed by atoms with Crippen LogP contribution in [-0.4, -0.2) is 18.5 Å². The third kappa shape index (κ3) is 3.87. The molecule has 3 heteroatoms. The first-order chi connectivity index (χ1) is 6.74. The summed E-state index contributed by atoms with van der Waals surface area (Å²) in [7, 11) is 0. The molecule has 1 fully saturated rings. The summed E-state index contributed by atoms with van der Waals surface area (Å²) in [5.41, 5.74) is 0. The Labute approximate surface area is 91.0 Å². The van der Waals surface area contributed by atoms with Gasteiger partial charge in [0.2, 0.25) is 0 Å². The number of hydrogen-bond acceptors (Lipinski definition) is 2. The van der Waals surface area contributed by atoms with Gasteiger partial charge < -0.3 is 4.74 Å². The topological polar surface area (TPSA) is 26.3 Å². The molecule has 0 saturated heterocycles. The molecule has 1 aliphatic carbocycles. The number of alkyl halides is 1. The van der Waals surface area contributed by atoms with Gasteiger partial charge in [-0.1, -0.05) is 26.2 Å². The van der Waals surface area contributed by atoms with Crippen LogP contribution < -0.4 is 0 Å². The van der Waals surface area contributed by atoms with Crippen LogP contribution in [0.5, 0.6) is 0 Å². The van der Waals surface area contributed by atoms with Crippen LogP contribution in [0.15, 0.2) is 0 Å². The summed E-state index contributed by atoms with van der Waals surface area (Å²) in [5.74, 6) is 0.968. The molecule has 0 aromatic carbocycles. The van der Waals surface area contributed by atoms with E-state index in [1.54, 1.807) is 0 Å². The third-order valence-corrected chi connectivity index (χ3v) is 3.24. The second-order valence-electron chi connectivity index (χ2n) is 4.22. The molecule has 14 heavy (non-hydrogen) atoms. The molecule has 1 unspecified atom stereocenters. The molecular formula is C11H19ClO2. The fourth-order valence-corrected chi connectivity index (χ4v) is 1.81. The lowest BCUT2D eigenvalue weighted by Crippen LogP contribution is -2.22. The van der Waals surface area contributed by atoms with Gasteiger partial charge >= 0.3 is 5.97 Å². The van der Waals surface area contributed by atoms with Crippen LogP contribution in [-0.2, 0) is 9.53 Å². The van der Waals surface area contributed by atoms with Crippen LogP contribution in [0.25, 0.3) is 0 Å². The maximum atomic E-state index is 11.6. The first-order valence-corrected chi connectivity index (χ1v) is 6.00. The first-order valence-electron chi connectivity index (χ1n) is 5.46. The zero-order valence-electron chi connectivity index (χ0n) is 8.80. The Kier molecular flexibility index (Phi) is 5.31. The van der Waals surface area contributed by atoms with Crippen molar-refractivity contribution in [3.8, 4) is 0 Å². The monoisotopic (exact) mass is 218 g/mol. The standard InChI is InChI=1S/C11H19ClO2/c1-9(7-12)8-14-11(13)10-5-3-2-4-6-10/h9-10H,2-8H2,1H3. The smallest absolute Gasteiger partial charge is 0.308 e. The normalized spacial score (nSPS) is 20.4. The SMILES string of the molecule is CC(CCl)COC(=O)C1CCCCC1. The van der Waals surface area contributed by atoms with E-state index < -0.39 is 0 Å². The lowest BCUT2D eigenvalue weighted by Gasteiger charge is -2.20. The lowest BCUT2D eigenvalue weighted by atomic mass is 9.89. The van der Waals surface area contributed by atoms with Gasteiger partial charge in [-0.15, -0.1) is 11.6 Å². The zero-order chi connectivity index (χ0) is 10.4. The van der Waals surface area contributed by atoms with Crippen molar-refractivity contribution in [3.05, 3.63) is 0 Å². The molecule has 0 spiro atoms. The Morgan fingerprint density at radius 2 is 2.07 bits per heavy atom. The van der Waals surface area contributed by atoms with E-state index in [1.165, 1.54) is 19.3 Å². The predicted octanol–water partition coefficient (Wildman–Crippen LogP) is 2.98. The zero-order valence-corrected chi connectivity index (χ0v) is 9.55. The lowest BCUT2D eigenvalue weighted by molar-refractivity contribution is -0.150. The third-order valence-electron chi connectivity index (χ3n) is 2.71. The molecule has 0 aromatic heterocycles. The molecule has 0 amide bonds. The van der Waals surface area contributed by atoms with E-state index in [0.717, 1.165) is 12.8 Å². The number of esters is 1. The van der Waals surface area contributed by atoms with Gasteiger partial charge in [-0.3, -0.25) is 4.79 Å². The number of carbonyl (C=O) groups is 1. The van der Waals surface area contributed by atoms with Crippen molar-refractivity contribution >= 4 is 17.6 Å². The van der Waals surface area contributed by atoms with E-state index in [-0.39, 0.29) is 17.8 Å². The van der Waals surface area contributed by atoms with E-state index in [4.69, 9.17) is 16.3 Å². The van der Waals surface area contributed by atoms with E-state index in [9.17, 15) is 4.79 Å². The Bertz CT molecular complexity index is 176. The minimum absolute atomic E-state index is 0.0123. The highest BCUT2D eigenvalue weighted by atomic mass is 35.5. The maximum Gasteiger partial charge on any atom is 0.308 e. The molecule has 1 aliphatic rings. The molecule has 2 nitrogen and oxygen atoms in total. The molecule has 1 rings (SSSR count). The Morgan fingerprint density at radius 3 is 2.64 bits per heavy atom. The van der Waals surface area contributed by atoms with Gasteiger partial charge in [0.15, 0.2) is 0 Å². The second-order valence-corrected chi connectivity index (χ2v) is 4.53. The summed E-state index contributed by atoms with van der Waals surface area (Å²) >= 11 is 5.63. The van der Waals surface area contributed by atoms with E-state index in [1.807, 2.05) is 6.92 Å². The maximum absolute atomic E-state index is 11.6. The van der Waals surface area contributed by atoms with Crippen molar-refractivity contribution in [3.63, 3.8) is 0 Å². The fraction of sp³-hybridized carbons (Fsp3) is 0.909. The quantitative estimate of drug-likeness (QED) is 0.536. The molecule has 1 saturated carbocycles. The van der Waals surface area contributed by atoms with Gasteiger partial charge in [-0.2, -0.15) is 0 Å². The molecule has 1 atom stereocenters. The summed E-state index contributed by atoms with van der Waals surface area (Å²) in [6.45, 7) is 2.46. The van der Waals surface area contributed by atoms with Crippen LogP contribution in [0.1, 0.15) is 39.0 Å². The average Bonchev–Trinajstić information content (AvgIpc) is 2.26. The molecule has 0 radical (unpaired) electrons. The van der Waals surface area contributed by atoms with Gasteiger partial charge in [0.05, 0.1) is 12.5 Å².